The lowest BCUT2D eigenvalue weighted by molar-refractivity contribution is -0.139. The molecule has 38 heavy (non-hydrogen) atoms. The maximum Gasteiger partial charge on any atom is 0.330 e. The predicted molar refractivity (Wildman–Crippen MR) is 147 cm³/mol. The van der Waals surface area contributed by atoms with Crippen LogP contribution < -0.4 is 14.2 Å². The van der Waals surface area contributed by atoms with E-state index in [1.807, 2.05) is 78.9 Å². The van der Waals surface area contributed by atoms with Gasteiger partial charge in [-0.25, -0.2) is 4.79 Å². The molecular weight excluding hydrogens is 484 g/mol. The van der Waals surface area contributed by atoms with Crippen LogP contribution in [0.25, 0.3) is 21.5 Å². The molecule has 0 aliphatic rings. The third kappa shape index (κ3) is 7.47. The predicted octanol–water partition coefficient (Wildman–Crippen LogP) is 5.59. The van der Waals surface area contributed by atoms with E-state index >= 15 is 0 Å². The van der Waals surface area contributed by atoms with Crippen LogP contribution in [0.4, 0.5) is 0 Å². The van der Waals surface area contributed by atoms with Crippen LogP contribution in [0.5, 0.6) is 17.2 Å². The Balaban J connectivity index is 1.34. The van der Waals surface area contributed by atoms with Crippen molar-refractivity contribution in [2.24, 2.45) is 0 Å². The normalized spacial score (nSPS) is 10.8. The van der Waals surface area contributed by atoms with E-state index in [9.17, 15) is 4.79 Å². The molecule has 0 aliphatic heterocycles. The highest BCUT2D eigenvalue weighted by Crippen LogP contribution is 2.42. The van der Waals surface area contributed by atoms with E-state index in [1.54, 1.807) is 0 Å². The molecule has 0 aliphatic carbocycles. The lowest BCUT2D eigenvalue weighted by atomic mass is 10.0. The molecule has 7 nitrogen and oxygen atoms in total. The number of para-hydroxylation sites is 1. The molecule has 0 saturated carbocycles. The summed E-state index contributed by atoms with van der Waals surface area (Å²) in [6, 6.07) is 25.9. The molecule has 4 aromatic carbocycles. The number of benzene rings is 4. The molecule has 0 bridgehead atoms. The minimum absolute atomic E-state index is 0.188. The molecule has 198 valence electrons. The molecule has 4 aromatic rings. The van der Waals surface area contributed by atoms with E-state index in [0.717, 1.165) is 44.9 Å². The van der Waals surface area contributed by atoms with Gasteiger partial charge in [0.15, 0.2) is 0 Å². The molecule has 0 fully saturated rings. The monoisotopic (exact) mass is 516 g/mol. The number of carbonyl (C=O) groups is 1. The number of esters is 1. The average Bonchev–Trinajstić information content (AvgIpc) is 2.97. The first-order chi connectivity index (χ1) is 18.8. The second kappa shape index (κ2) is 14.6. The zero-order valence-corrected chi connectivity index (χ0v) is 21.3. The Morgan fingerprint density at radius 1 is 0.553 bits per heavy atom. The molecule has 0 aromatic heterocycles. The Morgan fingerprint density at radius 2 is 0.974 bits per heavy atom. The second-order valence-electron chi connectivity index (χ2n) is 8.20. The molecular formula is C31H32O7. The Hall–Kier alpha value is -4.07. The fourth-order valence-corrected chi connectivity index (χ4v) is 3.96. The average molecular weight is 517 g/mol. The highest BCUT2D eigenvalue weighted by Gasteiger charge is 2.16. The van der Waals surface area contributed by atoms with Crippen molar-refractivity contribution >= 4 is 27.5 Å². The summed E-state index contributed by atoms with van der Waals surface area (Å²) in [5.41, 5.74) is 0. The van der Waals surface area contributed by atoms with Gasteiger partial charge in [-0.1, -0.05) is 73.3 Å². The number of fused-ring (bicyclic) bond motifs is 2. The van der Waals surface area contributed by atoms with E-state index in [1.165, 1.54) is 0 Å². The summed E-state index contributed by atoms with van der Waals surface area (Å²) in [4.78, 5) is 11.0. The molecule has 0 atom stereocenters. The number of rotatable bonds is 16. The Labute approximate surface area is 222 Å². The van der Waals surface area contributed by atoms with Gasteiger partial charge in [0.05, 0.1) is 26.4 Å². The highest BCUT2D eigenvalue weighted by atomic mass is 16.6. The smallest absolute Gasteiger partial charge is 0.330 e. The summed E-state index contributed by atoms with van der Waals surface area (Å²) < 4.78 is 34.2. The minimum atomic E-state index is -0.460. The maximum absolute atomic E-state index is 11.0. The van der Waals surface area contributed by atoms with Crippen LogP contribution in [-0.4, -0.2) is 58.8 Å². The highest BCUT2D eigenvalue weighted by molar-refractivity contribution is 6.11. The molecule has 0 saturated heterocycles. The van der Waals surface area contributed by atoms with Crippen LogP contribution in [0.3, 0.4) is 0 Å². The number of hydrogen-bond donors (Lipinski definition) is 0. The van der Waals surface area contributed by atoms with Crippen LogP contribution in [-0.2, 0) is 19.0 Å². The van der Waals surface area contributed by atoms with E-state index < -0.39 is 5.97 Å². The second-order valence-corrected chi connectivity index (χ2v) is 8.20. The van der Waals surface area contributed by atoms with Crippen LogP contribution in [0, 0.1) is 0 Å². The number of ether oxygens (including phenoxy) is 6. The minimum Gasteiger partial charge on any atom is -0.490 e. The maximum atomic E-state index is 11.0. The SMILES string of the molecule is C=CC(=O)OCCOCCOCCOc1c2ccccc2c(OCCOc2ccccc2)c2ccccc12. The fourth-order valence-electron chi connectivity index (χ4n) is 3.96. The summed E-state index contributed by atoms with van der Waals surface area (Å²) in [5.74, 6) is 1.97. The van der Waals surface area contributed by atoms with Crippen molar-refractivity contribution in [3.8, 4) is 17.2 Å². The third-order valence-corrected chi connectivity index (χ3v) is 5.66. The van der Waals surface area contributed by atoms with Crippen molar-refractivity contribution in [2.45, 2.75) is 0 Å². The van der Waals surface area contributed by atoms with Crippen molar-refractivity contribution in [1.29, 1.82) is 0 Å². The van der Waals surface area contributed by atoms with Crippen LogP contribution in [0.1, 0.15) is 0 Å². The fraction of sp³-hybridized carbons (Fsp3) is 0.258. The summed E-state index contributed by atoms with van der Waals surface area (Å²) in [6.07, 6.45) is 1.12. The van der Waals surface area contributed by atoms with E-state index in [0.29, 0.717) is 46.2 Å². The number of hydrogen-bond acceptors (Lipinski definition) is 7. The summed E-state index contributed by atoms with van der Waals surface area (Å²) in [5, 5.41) is 3.91. The first-order valence-corrected chi connectivity index (χ1v) is 12.6. The standard InChI is InChI=1S/C31H32O7/c1-2-29(32)36-20-18-33-16-17-34-19-21-37-30-25-12-6-8-14-27(25)31(28-15-9-7-13-26(28)30)38-23-22-35-24-10-4-3-5-11-24/h2-15H,1,16-23H2. The molecule has 4 rings (SSSR count). The van der Waals surface area contributed by atoms with Crippen LogP contribution in [0.2, 0.25) is 0 Å². The first kappa shape index (κ1) is 27.0. The quantitative estimate of drug-likeness (QED) is 0.0832. The van der Waals surface area contributed by atoms with Crippen molar-refractivity contribution in [3.63, 3.8) is 0 Å². The van der Waals surface area contributed by atoms with Gasteiger partial charge in [0.25, 0.3) is 0 Å². The largest absolute Gasteiger partial charge is 0.490 e. The zero-order chi connectivity index (χ0) is 26.4. The third-order valence-electron chi connectivity index (χ3n) is 5.66. The van der Waals surface area contributed by atoms with E-state index in [-0.39, 0.29) is 6.61 Å². The lowest BCUT2D eigenvalue weighted by Gasteiger charge is -2.18. The van der Waals surface area contributed by atoms with Gasteiger partial charge in [-0.3, -0.25) is 0 Å². The van der Waals surface area contributed by atoms with Gasteiger partial charge >= 0.3 is 5.97 Å². The van der Waals surface area contributed by atoms with Crippen molar-refractivity contribution in [1.82, 2.24) is 0 Å². The molecule has 0 spiro atoms. The summed E-state index contributed by atoms with van der Waals surface area (Å²) in [7, 11) is 0. The molecule has 0 unspecified atom stereocenters. The zero-order valence-electron chi connectivity index (χ0n) is 21.3. The summed E-state index contributed by atoms with van der Waals surface area (Å²) in [6.45, 7) is 6.30. The van der Waals surface area contributed by atoms with Gasteiger partial charge in [0, 0.05) is 27.6 Å². The Morgan fingerprint density at radius 3 is 1.50 bits per heavy atom. The van der Waals surface area contributed by atoms with Gasteiger partial charge in [0.2, 0.25) is 0 Å². The van der Waals surface area contributed by atoms with Crippen LogP contribution >= 0.6 is 0 Å². The molecule has 0 N–H and O–H groups in total. The first-order valence-electron chi connectivity index (χ1n) is 12.6. The Bertz CT molecular complexity index is 1260. The molecule has 7 heteroatoms. The van der Waals surface area contributed by atoms with Gasteiger partial charge in [-0.05, 0) is 12.1 Å². The molecule has 0 radical (unpaired) electrons. The van der Waals surface area contributed by atoms with Gasteiger partial charge in [-0.2, -0.15) is 0 Å². The van der Waals surface area contributed by atoms with Gasteiger partial charge in [-0.15, -0.1) is 0 Å². The van der Waals surface area contributed by atoms with E-state index in [2.05, 4.69) is 6.58 Å². The molecule has 0 heterocycles. The molecule has 0 amide bonds. The Kier molecular flexibility index (Phi) is 10.4. The van der Waals surface area contributed by atoms with Crippen molar-refractivity contribution in [2.75, 3.05) is 52.9 Å². The van der Waals surface area contributed by atoms with Crippen LogP contribution in [0.15, 0.2) is 91.5 Å². The van der Waals surface area contributed by atoms with Gasteiger partial charge < -0.3 is 28.4 Å². The topological polar surface area (TPSA) is 72.5 Å². The van der Waals surface area contributed by atoms with Gasteiger partial charge in [0.1, 0.15) is 43.7 Å². The lowest BCUT2D eigenvalue weighted by Crippen LogP contribution is -2.14. The summed E-state index contributed by atoms with van der Waals surface area (Å²) >= 11 is 0. The van der Waals surface area contributed by atoms with Crippen molar-refractivity contribution < 1.29 is 33.2 Å². The van der Waals surface area contributed by atoms with Crippen molar-refractivity contribution in [3.05, 3.63) is 91.5 Å². The van der Waals surface area contributed by atoms with E-state index in [4.69, 9.17) is 28.4 Å². The number of carbonyl (C=O) groups excluding carboxylic acids is 1.